The minimum Gasteiger partial charge on any atom is -0.464 e. The molecule has 104 valence electrons. The van der Waals surface area contributed by atoms with Crippen molar-refractivity contribution in [3.63, 3.8) is 0 Å². The third-order valence-corrected chi connectivity index (χ3v) is 3.42. The number of hydrogen-bond donors (Lipinski definition) is 1. The highest BCUT2D eigenvalue weighted by molar-refractivity contribution is 7.09. The molecule has 1 aliphatic carbocycles. The summed E-state index contributed by atoms with van der Waals surface area (Å²) < 4.78 is 8.59. The van der Waals surface area contributed by atoms with Gasteiger partial charge in [0.05, 0.1) is 7.11 Å². The maximum Gasteiger partial charge on any atom is 0.364 e. The van der Waals surface area contributed by atoms with Crippen LogP contribution < -0.4 is 5.73 Å². The van der Waals surface area contributed by atoms with E-state index in [1.807, 2.05) is 0 Å². The molecule has 1 fully saturated rings. The molecule has 1 saturated carbocycles. The van der Waals surface area contributed by atoms with E-state index in [0.717, 1.165) is 37.2 Å². The summed E-state index contributed by atoms with van der Waals surface area (Å²) in [4.78, 5) is 21.0. The van der Waals surface area contributed by atoms with E-state index in [4.69, 9.17) is 10.6 Å². The second-order valence-electron chi connectivity index (χ2n) is 4.25. The van der Waals surface area contributed by atoms with Crippen LogP contribution in [0.2, 0.25) is 0 Å². The first kappa shape index (κ1) is 13.7. The van der Waals surface area contributed by atoms with Crippen LogP contribution in [0.5, 0.6) is 0 Å². The summed E-state index contributed by atoms with van der Waals surface area (Å²) in [5.41, 5.74) is 5.45. The van der Waals surface area contributed by atoms with Crippen LogP contribution in [0.25, 0.3) is 0 Å². The summed E-state index contributed by atoms with van der Waals surface area (Å²) in [6.45, 7) is 0. The molecule has 7 nitrogen and oxygen atoms in total. The Balaban J connectivity index is 2.10. The number of hydrogen-bond acceptors (Lipinski definition) is 8. The fourth-order valence-corrected chi connectivity index (χ4v) is 2.33. The summed E-state index contributed by atoms with van der Waals surface area (Å²) in [5, 5.41) is 4.14. The first-order valence-corrected chi connectivity index (χ1v) is 6.89. The lowest BCUT2D eigenvalue weighted by atomic mass is 9.98. The number of rotatable bonds is 4. The maximum atomic E-state index is 11.6. The van der Waals surface area contributed by atoms with E-state index in [-0.39, 0.29) is 22.8 Å². The van der Waals surface area contributed by atoms with Crippen molar-refractivity contribution in [3.8, 4) is 0 Å². The number of esters is 1. The Morgan fingerprint density at radius 3 is 2.74 bits per heavy atom. The van der Waals surface area contributed by atoms with Crippen molar-refractivity contribution in [2.24, 2.45) is 5.16 Å². The molecule has 0 spiro atoms. The van der Waals surface area contributed by atoms with E-state index in [1.54, 1.807) is 0 Å². The largest absolute Gasteiger partial charge is 0.464 e. The number of methoxy groups -OCH3 is 1. The topological polar surface area (TPSA) is 99.7 Å². The fourth-order valence-electron chi connectivity index (χ4n) is 1.90. The van der Waals surface area contributed by atoms with Gasteiger partial charge in [0.1, 0.15) is 6.10 Å². The van der Waals surface area contributed by atoms with Crippen molar-refractivity contribution in [1.29, 1.82) is 0 Å². The van der Waals surface area contributed by atoms with Gasteiger partial charge in [0.25, 0.3) is 0 Å². The molecule has 2 rings (SSSR count). The second-order valence-corrected chi connectivity index (χ2v) is 5.04. The zero-order valence-corrected chi connectivity index (χ0v) is 11.5. The first-order chi connectivity index (χ1) is 9.20. The van der Waals surface area contributed by atoms with Gasteiger partial charge in [-0.2, -0.15) is 9.36 Å². The zero-order valence-electron chi connectivity index (χ0n) is 10.7. The fraction of sp³-hybridized carbons (Fsp3) is 0.636. The van der Waals surface area contributed by atoms with E-state index in [2.05, 4.69) is 19.3 Å². The smallest absolute Gasteiger partial charge is 0.364 e. The maximum absolute atomic E-state index is 11.6. The molecule has 0 aliphatic heterocycles. The molecule has 19 heavy (non-hydrogen) atoms. The van der Waals surface area contributed by atoms with Crippen LogP contribution in [0, 0.1) is 0 Å². The van der Waals surface area contributed by atoms with Crippen molar-refractivity contribution < 1.29 is 14.4 Å². The van der Waals surface area contributed by atoms with E-state index in [0.29, 0.717) is 0 Å². The molecule has 0 radical (unpaired) electrons. The molecular weight excluding hydrogens is 268 g/mol. The van der Waals surface area contributed by atoms with Crippen molar-refractivity contribution in [2.45, 2.75) is 38.2 Å². The van der Waals surface area contributed by atoms with Crippen LogP contribution in [0.4, 0.5) is 5.13 Å². The van der Waals surface area contributed by atoms with Crippen LogP contribution in [0.3, 0.4) is 0 Å². The number of nitrogens with zero attached hydrogens (tertiary/aromatic N) is 3. The number of carbonyl (C=O) groups is 1. The van der Waals surface area contributed by atoms with Crippen molar-refractivity contribution in [1.82, 2.24) is 9.36 Å². The summed E-state index contributed by atoms with van der Waals surface area (Å²) >= 11 is 0.995. The number of oxime groups is 1. The van der Waals surface area contributed by atoms with Crippen molar-refractivity contribution in [3.05, 3.63) is 5.82 Å². The average Bonchev–Trinajstić information content (AvgIpc) is 2.86. The van der Waals surface area contributed by atoms with E-state index in [9.17, 15) is 4.79 Å². The third-order valence-electron chi connectivity index (χ3n) is 2.88. The molecule has 0 aromatic carbocycles. The highest BCUT2D eigenvalue weighted by Gasteiger charge is 2.22. The Kier molecular flexibility index (Phi) is 4.67. The molecule has 0 saturated heterocycles. The molecule has 1 aromatic heterocycles. The van der Waals surface area contributed by atoms with Crippen LogP contribution in [0.1, 0.15) is 37.9 Å². The van der Waals surface area contributed by atoms with Gasteiger partial charge >= 0.3 is 5.97 Å². The number of nitrogens with two attached hydrogens (primary N) is 1. The minimum absolute atomic E-state index is 0.0407. The number of nitrogen functional groups attached to an aromatic ring is 1. The molecule has 2 N–H and O–H groups in total. The number of aromatic nitrogens is 2. The van der Waals surface area contributed by atoms with Gasteiger partial charge in [0, 0.05) is 11.5 Å². The van der Waals surface area contributed by atoms with E-state index < -0.39 is 5.97 Å². The molecule has 0 bridgehead atoms. The lowest BCUT2D eigenvalue weighted by molar-refractivity contribution is -0.132. The average molecular weight is 284 g/mol. The van der Waals surface area contributed by atoms with Crippen LogP contribution in [-0.2, 0) is 14.4 Å². The molecule has 1 heterocycles. The second kappa shape index (κ2) is 6.46. The van der Waals surface area contributed by atoms with E-state index >= 15 is 0 Å². The predicted molar refractivity (Wildman–Crippen MR) is 70.8 cm³/mol. The molecule has 0 atom stereocenters. The van der Waals surface area contributed by atoms with Gasteiger partial charge in [0.15, 0.2) is 5.13 Å². The Hall–Kier alpha value is -1.70. The van der Waals surface area contributed by atoms with Crippen LogP contribution >= 0.6 is 11.5 Å². The lowest BCUT2D eigenvalue weighted by Crippen LogP contribution is -2.21. The standard InChI is InChI=1S/C11H16N4O3S/c1-17-10(16)8(9-13-11(12)19-15-9)14-18-7-5-3-2-4-6-7/h7H,2-6H2,1H3,(H2,12,13,15). The summed E-state index contributed by atoms with van der Waals surface area (Å²) in [7, 11) is 1.27. The Morgan fingerprint density at radius 2 is 2.16 bits per heavy atom. The van der Waals surface area contributed by atoms with Gasteiger partial charge in [-0.25, -0.2) is 4.79 Å². The van der Waals surface area contributed by atoms with Gasteiger partial charge in [-0.05, 0) is 25.7 Å². The summed E-state index contributed by atoms with van der Waals surface area (Å²) in [5.74, 6) is -0.487. The third kappa shape index (κ3) is 3.63. The normalized spacial score (nSPS) is 17.2. The van der Waals surface area contributed by atoms with Crippen molar-refractivity contribution >= 4 is 28.3 Å². The van der Waals surface area contributed by atoms with Gasteiger partial charge in [0.2, 0.25) is 11.5 Å². The van der Waals surface area contributed by atoms with Crippen LogP contribution in [-0.4, -0.2) is 34.3 Å². The highest BCUT2D eigenvalue weighted by Crippen LogP contribution is 2.20. The number of carbonyl (C=O) groups excluding carboxylic acids is 1. The zero-order chi connectivity index (χ0) is 13.7. The molecular formula is C11H16N4O3S. The van der Waals surface area contributed by atoms with E-state index in [1.165, 1.54) is 13.5 Å². The SMILES string of the molecule is COC(=O)C(=NOC1CCCCC1)c1nsc(N)n1. The van der Waals surface area contributed by atoms with Crippen LogP contribution in [0.15, 0.2) is 5.16 Å². The lowest BCUT2D eigenvalue weighted by Gasteiger charge is -2.19. The monoisotopic (exact) mass is 284 g/mol. The van der Waals surface area contributed by atoms with Gasteiger partial charge in [-0.15, -0.1) is 0 Å². The van der Waals surface area contributed by atoms with Gasteiger partial charge < -0.3 is 15.3 Å². The predicted octanol–water partition coefficient (Wildman–Crippen LogP) is 1.35. The summed E-state index contributed by atoms with van der Waals surface area (Å²) in [6, 6.07) is 0. The Labute approximate surface area is 115 Å². The van der Waals surface area contributed by atoms with Gasteiger partial charge in [-0.3, -0.25) is 0 Å². The molecule has 8 heteroatoms. The molecule has 0 amide bonds. The Morgan fingerprint density at radius 1 is 1.42 bits per heavy atom. The molecule has 1 aliphatic rings. The first-order valence-electron chi connectivity index (χ1n) is 6.12. The minimum atomic E-state index is -0.631. The molecule has 1 aromatic rings. The number of ether oxygens (including phenoxy) is 1. The number of anilines is 1. The summed E-state index contributed by atoms with van der Waals surface area (Å²) in [6.07, 6.45) is 5.40. The molecule has 0 unspecified atom stereocenters. The van der Waals surface area contributed by atoms with Crippen molar-refractivity contribution in [2.75, 3.05) is 12.8 Å². The van der Waals surface area contributed by atoms with Gasteiger partial charge in [-0.1, -0.05) is 11.6 Å². The Bertz CT molecular complexity index is 468. The quantitative estimate of drug-likeness (QED) is 0.509. The highest BCUT2D eigenvalue weighted by atomic mass is 32.1.